The maximum Gasteiger partial charge on any atom is 0.254 e. The van der Waals surface area contributed by atoms with Gasteiger partial charge < -0.3 is 10.2 Å². The molecule has 1 spiro atoms. The van der Waals surface area contributed by atoms with Gasteiger partial charge in [-0.15, -0.1) is 11.8 Å². The Labute approximate surface area is 225 Å². The SMILES string of the molecule is CCCSc1ncccc1C(=O)NCC1CCC2(CC1)C[C@@H]2CCc1nc(N(C)C)c2ccccc2n1. The van der Waals surface area contributed by atoms with Crippen LogP contribution in [0.25, 0.3) is 10.9 Å². The summed E-state index contributed by atoms with van der Waals surface area (Å²) in [5.41, 5.74) is 2.27. The zero-order chi connectivity index (χ0) is 25.8. The van der Waals surface area contributed by atoms with Gasteiger partial charge >= 0.3 is 0 Å². The molecular weight excluding hydrogens is 478 g/mol. The topological polar surface area (TPSA) is 71.0 Å². The fourth-order valence-electron chi connectivity index (χ4n) is 5.98. The van der Waals surface area contributed by atoms with Gasteiger partial charge in [0, 0.05) is 38.6 Å². The summed E-state index contributed by atoms with van der Waals surface area (Å²) in [6, 6.07) is 12.0. The number of nitrogens with zero attached hydrogens (tertiary/aromatic N) is 4. The minimum atomic E-state index is 0.0174. The van der Waals surface area contributed by atoms with Crippen molar-refractivity contribution in [2.24, 2.45) is 17.3 Å². The highest BCUT2D eigenvalue weighted by Gasteiger charge is 2.54. The molecule has 2 aliphatic rings. The molecular formula is C30H39N5OS. The van der Waals surface area contributed by atoms with Crippen LogP contribution in [0.15, 0.2) is 47.6 Å². The van der Waals surface area contributed by atoms with E-state index in [1.54, 1.807) is 18.0 Å². The van der Waals surface area contributed by atoms with E-state index in [0.717, 1.165) is 58.6 Å². The number of benzene rings is 1. The molecule has 6 nitrogen and oxygen atoms in total. The second-order valence-corrected chi connectivity index (χ2v) is 12.1. The molecule has 5 rings (SSSR count). The normalized spacial score (nSPS) is 22.8. The lowest BCUT2D eigenvalue weighted by atomic mass is 9.78. The Morgan fingerprint density at radius 1 is 1.14 bits per heavy atom. The quantitative estimate of drug-likeness (QED) is 0.325. The van der Waals surface area contributed by atoms with Crippen molar-refractivity contribution in [3.05, 3.63) is 54.0 Å². The number of carbonyl (C=O) groups is 1. The molecule has 2 heterocycles. The van der Waals surface area contributed by atoms with Gasteiger partial charge in [-0.25, -0.2) is 15.0 Å². The first-order chi connectivity index (χ1) is 18.0. The molecule has 1 aromatic carbocycles. The van der Waals surface area contributed by atoms with E-state index in [4.69, 9.17) is 9.97 Å². The number of hydrogen-bond acceptors (Lipinski definition) is 6. The van der Waals surface area contributed by atoms with Crippen LogP contribution in [0.5, 0.6) is 0 Å². The molecule has 2 aromatic heterocycles. The monoisotopic (exact) mass is 517 g/mol. The zero-order valence-electron chi connectivity index (χ0n) is 22.4. The van der Waals surface area contributed by atoms with Crippen LogP contribution in [-0.4, -0.2) is 47.3 Å². The molecule has 2 saturated carbocycles. The Bertz CT molecular complexity index is 1240. The molecule has 2 aliphatic carbocycles. The van der Waals surface area contributed by atoms with Crippen molar-refractivity contribution in [1.29, 1.82) is 0 Å². The van der Waals surface area contributed by atoms with Gasteiger partial charge in [0.05, 0.1) is 11.1 Å². The summed E-state index contributed by atoms with van der Waals surface area (Å²) in [6.45, 7) is 2.92. The highest BCUT2D eigenvalue weighted by atomic mass is 32.2. The van der Waals surface area contributed by atoms with Crippen molar-refractivity contribution < 1.29 is 4.79 Å². The highest BCUT2D eigenvalue weighted by molar-refractivity contribution is 7.99. The van der Waals surface area contributed by atoms with Gasteiger partial charge in [0.15, 0.2) is 0 Å². The van der Waals surface area contributed by atoms with Gasteiger partial charge in [0.25, 0.3) is 5.91 Å². The average molecular weight is 518 g/mol. The third kappa shape index (κ3) is 5.92. The van der Waals surface area contributed by atoms with E-state index < -0.39 is 0 Å². The molecule has 7 heteroatoms. The Morgan fingerprint density at radius 2 is 1.95 bits per heavy atom. The molecule has 0 aliphatic heterocycles. The van der Waals surface area contributed by atoms with Crippen molar-refractivity contribution in [2.45, 2.75) is 63.3 Å². The number of carbonyl (C=O) groups excluding carboxylic acids is 1. The summed E-state index contributed by atoms with van der Waals surface area (Å²) >= 11 is 1.67. The Morgan fingerprint density at radius 3 is 2.73 bits per heavy atom. The van der Waals surface area contributed by atoms with Crippen molar-refractivity contribution in [3.63, 3.8) is 0 Å². The largest absolute Gasteiger partial charge is 0.362 e. The number of nitrogens with one attached hydrogen (secondary N) is 1. The predicted octanol–water partition coefficient (Wildman–Crippen LogP) is 6.15. The molecule has 1 atom stereocenters. The molecule has 3 aromatic rings. The van der Waals surface area contributed by atoms with Crippen molar-refractivity contribution in [1.82, 2.24) is 20.3 Å². The van der Waals surface area contributed by atoms with Crippen LogP contribution in [0.4, 0.5) is 5.82 Å². The lowest BCUT2D eigenvalue weighted by Crippen LogP contribution is -2.32. The smallest absolute Gasteiger partial charge is 0.254 e. The number of aromatic nitrogens is 3. The maximum absolute atomic E-state index is 12.9. The van der Waals surface area contributed by atoms with Crippen LogP contribution < -0.4 is 10.2 Å². The Hall–Kier alpha value is -2.67. The fraction of sp³-hybridized carbons (Fsp3) is 0.533. The van der Waals surface area contributed by atoms with Gasteiger partial charge in [-0.3, -0.25) is 4.79 Å². The number of para-hydroxylation sites is 1. The number of thioether (sulfide) groups is 1. The number of fused-ring (bicyclic) bond motifs is 1. The van der Waals surface area contributed by atoms with Crippen LogP contribution >= 0.6 is 11.8 Å². The summed E-state index contributed by atoms with van der Waals surface area (Å²) < 4.78 is 0. The zero-order valence-corrected chi connectivity index (χ0v) is 23.2. The van der Waals surface area contributed by atoms with Gasteiger partial charge in [-0.05, 0) is 92.2 Å². The van der Waals surface area contributed by atoms with Gasteiger partial charge in [-0.1, -0.05) is 19.1 Å². The third-order valence-electron chi connectivity index (χ3n) is 8.24. The Balaban J connectivity index is 1.10. The molecule has 0 saturated heterocycles. The predicted molar refractivity (Wildman–Crippen MR) is 152 cm³/mol. The second kappa shape index (κ2) is 11.4. The summed E-state index contributed by atoms with van der Waals surface area (Å²) in [5.74, 6) is 4.33. The van der Waals surface area contributed by atoms with E-state index in [-0.39, 0.29) is 5.91 Å². The number of rotatable bonds is 10. The first-order valence-electron chi connectivity index (χ1n) is 13.8. The minimum Gasteiger partial charge on any atom is -0.362 e. The number of pyridine rings is 1. The van der Waals surface area contributed by atoms with Gasteiger partial charge in [-0.2, -0.15) is 0 Å². The lowest BCUT2D eigenvalue weighted by molar-refractivity contribution is 0.0936. The Kier molecular flexibility index (Phi) is 7.98. The minimum absolute atomic E-state index is 0.0174. The fourth-order valence-corrected chi connectivity index (χ4v) is 6.83. The lowest BCUT2D eigenvalue weighted by Gasteiger charge is -2.30. The summed E-state index contributed by atoms with van der Waals surface area (Å²) in [5, 5.41) is 5.17. The van der Waals surface area contributed by atoms with Crippen molar-refractivity contribution >= 4 is 34.4 Å². The average Bonchev–Trinajstić information content (AvgIpc) is 3.61. The van der Waals surface area contributed by atoms with E-state index in [0.29, 0.717) is 16.9 Å². The number of anilines is 1. The van der Waals surface area contributed by atoms with Crippen molar-refractivity contribution in [3.8, 4) is 0 Å². The molecule has 0 unspecified atom stereocenters. The van der Waals surface area contributed by atoms with Crippen LogP contribution in [0.2, 0.25) is 0 Å². The molecule has 196 valence electrons. The van der Waals surface area contributed by atoms with E-state index in [1.165, 1.54) is 38.5 Å². The third-order valence-corrected chi connectivity index (χ3v) is 9.45. The van der Waals surface area contributed by atoms with E-state index in [2.05, 4.69) is 60.5 Å². The van der Waals surface area contributed by atoms with Crippen LogP contribution in [0, 0.1) is 17.3 Å². The van der Waals surface area contributed by atoms with E-state index >= 15 is 0 Å². The highest BCUT2D eigenvalue weighted by Crippen LogP contribution is 2.63. The van der Waals surface area contributed by atoms with E-state index in [9.17, 15) is 4.79 Å². The number of aryl methyl sites for hydroxylation is 1. The second-order valence-electron chi connectivity index (χ2n) is 11.0. The number of hydrogen-bond donors (Lipinski definition) is 1. The first-order valence-corrected chi connectivity index (χ1v) is 14.8. The van der Waals surface area contributed by atoms with E-state index in [1.807, 2.05) is 12.1 Å². The van der Waals surface area contributed by atoms with Gasteiger partial charge in [0.1, 0.15) is 16.7 Å². The van der Waals surface area contributed by atoms with Crippen LogP contribution in [-0.2, 0) is 6.42 Å². The molecule has 37 heavy (non-hydrogen) atoms. The number of amides is 1. The van der Waals surface area contributed by atoms with Crippen LogP contribution in [0.3, 0.4) is 0 Å². The molecule has 1 N–H and O–H groups in total. The van der Waals surface area contributed by atoms with Gasteiger partial charge in [0.2, 0.25) is 0 Å². The maximum atomic E-state index is 12.9. The molecule has 2 fully saturated rings. The summed E-state index contributed by atoms with van der Waals surface area (Å²) in [7, 11) is 4.10. The molecule has 0 radical (unpaired) electrons. The molecule has 0 bridgehead atoms. The standard InChI is InChI=1S/C30H39N5OS/c1-4-18-37-29-24(9-7-17-31-29)28(36)32-20-21-13-15-30(16-14-21)19-22(30)11-12-26-33-25-10-6-5-8-23(25)27(34-26)35(2)3/h5-10,17,21-22H,4,11-16,18-20H2,1-3H3,(H,32,36)/t21?,22-,30?/m0/s1. The first kappa shape index (κ1) is 26.0. The van der Waals surface area contributed by atoms with Crippen LogP contribution in [0.1, 0.15) is 68.1 Å². The summed E-state index contributed by atoms with van der Waals surface area (Å²) in [6.07, 6.45) is 11.3. The van der Waals surface area contributed by atoms with Crippen molar-refractivity contribution in [2.75, 3.05) is 31.3 Å². The summed E-state index contributed by atoms with van der Waals surface area (Å²) in [4.78, 5) is 29.1. The molecule has 1 amide bonds.